The smallest absolute Gasteiger partial charge is 0.322 e. The molecular weight excluding hydrogens is 484 g/mol. The molecule has 2 rings (SSSR count). The first-order chi connectivity index (χ1) is 17.3. The van der Waals surface area contributed by atoms with Gasteiger partial charge in [0.15, 0.2) is 0 Å². The zero-order valence-corrected chi connectivity index (χ0v) is 21.2. The largest absolute Gasteiger partial charge is 0.480 e. The number of hydrogen-bond donors (Lipinski definition) is 7. The Kier molecular flexibility index (Phi) is 12.2. The Morgan fingerprint density at radius 2 is 1.75 bits per heavy atom. The molecule has 0 bridgehead atoms. The van der Waals surface area contributed by atoms with Gasteiger partial charge in [-0.15, -0.1) is 0 Å². The van der Waals surface area contributed by atoms with E-state index in [9.17, 15) is 19.2 Å². The normalized spacial score (nSPS) is 13.5. The predicted molar refractivity (Wildman–Crippen MR) is 140 cm³/mol. The molecule has 0 aliphatic rings. The number of thioether (sulfide) groups is 1. The number of hydrogen-bond acceptors (Lipinski definition) is 7. The van der Waals surface area contributed by atoms with Crippen LogP contribution in [-0.4, -0.2) is 77.0 Å². The number of H-pyrrole nitrogens is 1. The van der Waals surface area contributed by atoms with Gasteiger partial charge in [0.1, 0.15) is 18.6 Å². The average molecular weight is 521 g/mol. The third-order valence-corrected chi connectivity index (χ3v) is 6.34. The summed E-state index contributed by atoms with van der Waals surface area (Å²) in [5.74, 6) is -2.25. The van der Waals surface area contributed by atoms with E-state index in [2.05, 4.69) is 20.9 Å². The maximum atomic E-state index is 13.3. The van der Waals surface area contributed by atoms with Gasteiger partial charge < -0.3 is 37.5 Å². The SMILES string of the molecule is CSCCC(NC(=O)C(Cc1c[nH]c2ccccc12)NC(=O)C(N)CCCCN)C(=O)NCC(=O)O. The standard InChI is InChI=1S/C24H36N6O5S/c1-36-11-9-19(23(34)28-14-21(31)32)29-24(35)20(30-22(33)17(26)7-4-5-10-25)12-15-13-27-18-8-3-2-6-16(15)18/h2-3,6,8,13,17,19-20,27H,4-5,7,9-12,14,25-26H2,1H3,(H,28,34)(H,29,35)(H,30,33)(H,31,32). The number of amides is 3. The van der Waals surface area contributed by atoms with Gasteiger partial charge in [-0.25, -0.2) is 0 Å². The summed E-state index contributed by atoms with van der Waals surface area (Å²) >= 11 is 1.49. The van der Waals surface area contributed by atoms with Crippen molar-refractivity contribution < 1.29 is 24.3 Å². The van der Waals surface area contributed by atoms with Crippen LogP contribution < -0.4 is 27.4 Å². The van der Waals surface area contributed by atoms with Crippen molar-refractivity contribution in [1.29, 1.82) is 0 Å². The number of fused-ring (bicyclic) bond motifs is 1. The molecular formula is C24H36N6O5S. The molecule has 0 aliphatic carbocycles. The summed E-state index contributed by atoms with van der Waals surface area (Å²) in [6.45, 7) is -0.0566. The van der Waals surface area contributed by atoms with Gasteiger partial charge in [-0.3, -0.25) is 19.2 Å². The number of carboxylic acid groups (broad SMARTS) is 1. The number of benzene rings is 1. The lowest BCUT2D eigenvalue weighted by molar-refractivity contribution is -0.138. The first-order valence-corrected chi connectivity index (χ1v) is 13.3. The molecule has 1 aromatic carbocycles. The number of carbonyl (C=O) groups is 4. The van der Waals surface area contributed by atoms with E-state index in [1.165, 1.54) is 11.8 Å². The van der Waals surface area contributed by atoms with Crippen molar-refractivity contribution in [1.82, 2.24) is 20.9 Å². The summed E-state index contributed by atoms with van der Waals surface area (Å²) in [6.07, 6.45) is 5.96. The zero-order chi connectivity index (χ0) is 26.5. The van der Waals surface area contributed by atoms with Crippen molar-refractivity contribution in [2.24, 2.45) is 11.5 Å². The summed E-state index contributed by atoms with van der Waals surface area (Å²) in [4.78, 5) is 52.7. The maximum Gasteiger partial charge on any atom is 0.322 e. The number of carboxylic acids is 1. The highest BCUT2D eigenvalue weighted by atomic mass is 32.2. The second-order valence-electron chi connectivity index (χ2n) is 8.47. The third kappa shape index (κ3) is 9.17. The summed E-state index contributed by atoms with van der Waals surface area (Å²) < 4.78 is 0. The molecule has 9 N–H and O–H groups in total. The molecule has 1 heterocycles. The van der Waals surface area contributed by atoms with Crippen molar-refractivity contribution in [3.05, 3.63) is 36.0 Å². The van der Waals surface area contributed by atoms with Crippen LogP contribution in [0.4, 0.5) is 0 Å². The van der Waals surface area contributed by atoms with Gasteiger partial charge in [0.2, 0.25) is 17.7 Å². The van der Waals surface area contributed by atoms with E-state index >= 15 is 0 Å². The highest BCUT2D eigenvalue weighted by Crippen LogP contribution is 2.19. The minimum absolute atomic E-state index is 0.170. The van der Waals surface area contributed by atoms with Crippen LogP contribution in [0, 0.1) is 0 Å². The Morgan fingerprint density at radius 3 is 2.44 bits per heavy atom. The van der Waals surface area contributed by atoms with Gasteiger partial charge in [-0.05, 0) is 49.4 Å². The first kappa shape index (κ1) is 29.1. The Labute approximate surface area is 214 Å². The topological polar surface area (TPSA) is 192 Å². The van der Waals surface area contributed by atoms with E-state index in [1.54, 1.807) is 6.20 Å². The highest BCUT2D eigenvalue weighted by Gasteiger charge is 2.29. The van der Waals surface area contributed by atoms with Gasteiger partial charge in [0, 0.05) is 23.5 Å². The van der Waals surface area contributed by atoms with Crippen molar-refractivity contribution in [2.75, 3.05) is 25.1 Å². The number of para-hydroxylation sites is 1. The maximum absolute atomic E-state index is 13.3. The van der Waals surface area contributed by atoms with Gasteiger partial charge in [-0.2, -0.15) is 11.8 Å². The number of aliphatic carboxylic acids is 1. The number of aromatic nitrogens is 1. The fourth-order valence-electron chi connectivity index (χ4n) is 3.71. The predicted octanol–water partition coefficient (Wildman–Crippen LogP) is 0.0902. The van der Waals surface area contributed by atoms with Crippen LogP contribution in [0.1, 0.15) is 31.2 Å². The molecule has 0 saturated carbocycles. The van der Waals surface area contributed by atoms with Gasteiger partial charge >= 0.3 is 5.97 Å². The van der Waals surface area contributed by atoms with Crippen molar-refractivity contribution in [2.45, 2.75) is 50.2 Å². The summed E-state index contributed by atoms with van der Waals surface area (Å²) in [6, 6.07) is 4.84. The lowest BCUT2D eigenvalue weighted by Crippen LogP contribution is -2.56. The highest BCUT2D eigenvalue weighted by molar-refractivity contribution is 7.98. The monoisotopic (exact) mass is 520 g/mol. The van der Waals surface area contributed by atoms with Crippen LogP contribution in [0.25, 0.3) is 10.9 Å². The second kappa shape index (κ2) is 15.1. The molecule has 0 fully saturated rings. The molecule has 0 aliphatic heterocycles. The average Bonchev–Trinajstić information content (AvgIpc) is 3.27. The van der Waals surface area contributed by atoms with Gasteiger partial charge in [-0.1, -0.05) is 24.6 Å². The van der Waals surface area contributed by atoms with Crippen LogP contribution in [0.5, 0.6) is 0 Å². The van der Waals surface area contributed by atoms with E-state index in [-0.39, 0.29) is 6.42 Å². The number of nitrogens with one attached hydrogen (secondary N) is 4. The molecule has 0 radical (unpaired) electrons. The van der Waals surface area contributed by atoms with Crippen molar-refractivity contribution in [3.8, 4) is 0 Å². The summed E-state index contributed by atoms with van der Waals surface area (Å²) in [5, 5.41) is 17.5. The molecule has 3 unspecified atom stereocenters. The van der Waals surface area contributed by atoms with E-state index in [0.29, 0.717) is 31.6 Å². The molecule has 36 heavy (non-hydrogen) atoms. The van der Waals surface area contributed by atoms with Crippen LogP contribution in [-0.2, 0) is 25.6 Å². The van der Waals surface area contributed by atoms with Gasteiger partial charge in [0.25, 0.3) is 0 Å². The quantitative estimate of drug-likeness (QED) is 0.151. The van der Waals surface area contributed by atoms with Crippen LogP contribution in [0.2, 0.25) is 0 Å². The zero-order valence-electron chi connectivity index (χ0n) is 20.4. The van der Waals surface area contributed by atoms with E-state index in [0.717, 1.165) is 22.9 Å². The Bertz CT molecular complexity index is 1030. The number of aromatic amines is 1. The minimum Gasteiger partial charge on any atom is -0.480 e. The molecule has 11 nitrogen and oxygen atoms in total. The number of unbranched alkanes of at least 4 members (excludes halogenated alkanes) is 1. The molecule has 2 aromatic rings. The number of rotatable bonds is 16. The Morgan fingerprint density at radius 1 is 1.03 bits per heavy atom. The molecule has 0 spiro atoms. The summed E-state index contributed by atoms with van der Waals surface area (Å²) in [7, 11) is 0. The minimum atomic E-state index is -1.19. The molecule has 3 amide bonds. The Balaban J connectivity index is 2.21. The van der Waals surface area contributed by atoms with Crippen LogP contribution in [0.15, 0.2) is 30.5 Å². The van der Waals surface area contributed by atoms with Crippen LogP contribution >= 0.6 is 11.8 Å². The lowest BCUT2D eigenvalue weighted by Gasteiger charge is -2.24. The molecule has 198 valence electrons. The van der Waals surface area contributed by atoms with E-state index < -0.39 is 48.4 Å². The molecule has 12 heteroatoms. The van der Waals surface area contributed by atoms with Crippen molar-refractivity contribution in [3.63, 3.8) is 0 Å². The Hall–Kier alpha value is -3.09. The van der Waals surface area contributed by atoms with Gasteiger partial charge in [0.05, 0.1) is 6.04 Å². The van der Waals surface area contributed by atoms with Crippen LogP contribution in [0.3, 0.4) is 0 Å². The summed E-state index contributed by atoms with van der Waals surface area (Å²) in [5.41, 5.74) is 13.3. The second-order valence-corrected chi connectivity index (χ2v) is 9.46. The van der Waals surface area contributed by atoms with E-state index in [4.69, 9.17) is 16.6 Å². The fourth-order valence-corrected chi connectivity index (χ4v) is 4.18. The first-order valence-electron chi connectivity index (χ1n) is 11.9. The lowest BCUT2D eigenvalue weighted by atomic mass is 10.0. The number of nitrogens with two attached hydrogens (primary N) is 2. The fraction of sp³-hybridized carbons (Fsp3) is 0.500. The molecule has 0 saturated heterocycles. The molecule has 3 atom stereocenters. The number of carbonyl (C=O) groups excluding carboxylic acids is 3. The third-order valence-electron chi connectivity index (χ3n) is 5.70. The molecule has 1 aromatic heterocycles. The van der Waals surface area contributed by atoms with Crippen molar-refractivity contribution >= 4 is 46.4 Å². The van der Waals surface area contributed by atoms with E-state index in [1.807, 2.05) is 30.5 Å².